The first kappa shape index (κ1) is 29.8. The van der Waals surface area contributed by atoms with E-state index in [0.29, 0.717) is 17.5 Å². The van der Waals surface area contributed by atoms with E-state index in [4.69, 9.17) is 19.4 Å². The third-order valence-corrected chi connectivity index (χ3v) is 11.7. The number of benzene rings is 9. The van der Waals surface area contributed by atoms with E-state index in [0.717, 1.165) is 55.3 Å². The Morgan fingerprint density at radius 3 is 1.55 bits per heavy atom. The van der Waals surface area contributed by atoms with Crippen LogP contribution in [0.15, 0.2) is 174 Å². The van der Waals surface area contributed by atoms with Crippen LogP contribution in [0.3, 0.4) is 0 Å². The van der Waals surface area contributed by atoms with Crippen LogP contribution in [-0.2, 0) is 0 Å². The SMILES string of the molecule is c1cc(-c2nc(-c3ccc4ccccc4c3)nc(-c3ccc4ccccc4c3)n2)cc(-n2c3cccc4c3c3c5c(ccc32)oc2ccc3cccc-4c3c25)c1. The standard InChI is InChI=1S/C51H28N4O/c1-3-10-32-26-35(20-18-29(32)8-1)50-52-49(53-51(54-50)36-21-19-30-9-2-4-11-33(30)27-36)34-13-5-14-37(28-34)55-40-17-7-16-39-38-15-6-12-31-22-24-42-47(44(31)38)48-43(56-42)25-23-41(55)46(48)45(39)40/h1-28H. The van der Waals surface area contributed by atoms with Gasteiger partial charge in [0.2, 0.25) is 0 Å². The molecule has 0 saturated heterocycles. The van der Waals surface area contributed by atoms with Crippen molar-refractivity contribution in [1.29, 1.82) is 0 Å². The minimum atomic E-state index is 0.621. The Balaban J connectivity index is 1.05. The maximum absolute atomic E-state index is 6.54. The van der Waals surface area contributed by atoms with Crippen LogP contribution in [0.1, 0.15) is 0 Å². The zero-order valence-corrected chi connectivity index (χ0v) is 29.9. The van der Waals surface area contributed by atoms with Crippen molar-refractivity contribution in [2.24, 2.45) is 0 Å². The maximum atomic E-state index is 6.54. The molecule has 0 N–H and O–H groups in total. The van der Waals surface area contributed by atoms with Gasteiger partial charge in [0.15, 0.2) is 17.5 Å². The van der Waals surface area contributed by atoms with Gasteiger partial charge in [-0.1, -0.05) is 121 Å². The third kappa shape index (κ3) is 4.11. The van der Waals surface area contributed by atoms with Crippen LogP contribution in [-0.4, -0.2) is 19.5 Å². The van der Waals surface area contributed by atoms with E-state index in [1.54, 1.807) is 0 Å². The average Bonchev–Trinajstić information content (AvgIpc) is 3.77. The van der Waals surface area contributed by atoms with Gasteiger partial charge in [-0.05, 0) is 86.6 Å². The molecule has 0 radical (unpaired) electrons. The van der Waals surface area contributed by atoms with Gasteiger partial charge in [-0.15, -0.1) is 0 Å². The summed E-state index contributed by atoms with van der Waals surface area (Å²) >= 11 is 0. The normalized spacial score (nSPS) is 12.3. The summed E-state index contributed by atoms with van der Waals surface area (Å²) in [5.41, 5.74) is 10.4. The summed E-state index contributed by atoms with van der Waals surface area (Å²) in [4.78, 5) is 15.5. The molecule has 0 amide bonds. The van der Waals surface area contributed by atoms with Crippen LogP contribution < -0.4 is 0 Å². The molecule has 9 aromatic carbocycles. The third-order valence-electron chi connectivity index (χ3n) is 11.7. The Hall–Kier alpha value is -7.63. The number of hydrogen-bond acceptors (Lipinski definition) is 4. The summed E-state index contributed by atoms with van der Waals surface area (Å²) in [6, 6.07) is 60.2. The summed E-state index contributed by atoms with van der Waals surface area (Å²) in [6.07, 6.45) is 0. The van der Waals surface area contributed by atoms with Crippen molar-refractivity contribution >= 4 is 76.1 Å². The second-order valence-corrected chi connectivity index (χ2v) is 14.8. The van der Waals surface area contributed by atoms with Crippen LogP contribution in [0, 0.1) is 0 Å². The summed E-state index contributed by atoms with van der Waals surface area (Å²) in [6.45, 7) is 0. The first-order chi connectivity index (χ1) is 27.7. The van der Waals surface area contributed by atoms with Crippen molar-refractivity contribution in [1.82, 2.24) is 19.5 Å². The summed E-state index contributed by atoms with van der Waals surface area (Å²) in [7, 11) is 0. The lowest BCUT2D eigenvalue weighted by molar-refractivity contribution is 0.669. The van der Waals surface area contributed by atoms with Gasteiger partial charge in [0.1, 0.15) is 11.2 Å². The Morgan fingerprint density at radius 1 is 0.339 bits per heavy atom. The zero-order chi connectivity index (χ0) is 36.5. The molecule has 56 heavy (non-hydrogen) atoms. The number of aromatic nitrogens is 4. The van der Waals surface area contributed by atoms with Crippen molar-refractivity contribution in [3.05, 3.63) is 170 Å². The van der Waals surface area contributed by atoms with Gasteiger partial charge >= 0.3 is 0 Å². The van der Waals surface area contributed by atoms with Gasteiger partial charge in [0.05, 0.1) is 11.0 Å². The lowest BCUT2D eigenvalue weighted by atomic mass is 9.95. The number of rotatable bonds is 4. The zero-order valence-electron chi connectivity index (χ0n) is 29.9. The van der Waals surface area contributed by atoms with Gasteiger partial charge < -0.3 is 8.98 Å². The van der Waals surface area contributed by atoms with Crippen LogP contribution in [0.25, 0.3) is 127 Å². The predicted molar refractivity (Wildman–Crippen MR) is 229 cm³/mol. The van der Waals surface area contributed by atoms with E-state index >= 15 is 0 Å². The first-order valence-electron chi connectivity index (χ1n) is 18.9. The summed E-state index contributed by atoms with van der Waals surface area (Å²) < 4.78 is 8.93. The Labute approximate surface area is 319 Å². The molecule has 258 valence electrons. The van der Waals surface area contributed by atoms with Crippen molar-refractivity contribution < 1.29 is 4.42 Å². The van der Waals surface area contributed by atoms with Crippen LogP contribution in [0.4, 0.5) is 0 Å². The fourth-order valence-electron chi connectivity index (χ4n) is 9.21. The highest BCUT2D eigenvalue weighted by Gasteiger charge is 2.26. The smallest absolute Gasteiger partial charge is 0.164 e. The maximum Gasteiger partial charge on any atom is 0.164 e. The highest BCUT2D eigenvalue weighted by atomic mass is 16.3. The lowest BCUT2D eigenvalue weighted by Crippen LogP contribution is -2.01. The molecular weight excluding hydrogens is 685 g/mol. The largest absolute Gasteiger partial charge is 0.456 e. The second kappa shape index (κ2) is 11.0. The monoisotopic (exact) mass is 712 g/mol. The molecule has 0 unspecified atom stereocenters. The predicted octanol–water partition coefficient (Wildman–Crippen LogP) is 13.3. The minimum absolute atomic E-state index is 0.621. The van der Waals surface area contributed by atoms with Crippen molar-refractivity contribution in [2.75, 3.05) is 0 Å². The van der Waals surface area contributed by atoms with E-state index in [1.165, 1.54) is 54.2 Å². The topological polar surface area (TPSA) is 56.7 Å². The van der Waals surface area contributed by atoms with E-state index in [2.05, 4.69) is 174 Å². The minimum Gasteiger partial charge on any atom is -0.456 e. The molecule has 0 spiro atoms. The van der Waals surface area contributed by atoms with Gasteiger partial charge in [-0.3, -0.25) is 0 Å². The summed E-state index contributed by atoms with van der Waals surface area (Å²) in [5.74, 6) is 1.89. The van der Waals surface area contributed by atoms with Crippen molar-refractivity contribution in [3.63, 3.8) is 0 Å². The molecule has 0 saturated carbocycles. The van der Waals surface area contributed by atoms with Gasteiger partial charge in [-0.2, -0.15) is 0 Å². The molecule has 5 heteroatoms. The first-order valence-corrected chi connectivity index (χ1v) is 18.9. The quantitative estimate of drug-likeness (QED) is 0.182. The molecule has 5 nitrogen and oxygen atoms in total. The van der Waals surface area contributed by atoms with Crippen LogP contribution in [0.5, 0.6) is 0 Å². The number of hydrogen-bond donors (Lipinski definition) is 0. The van der Waals surface area contributed by atoms with Crippen LogP contribution >= 0.6 is 0 Å². The number of nitrogens with zero attached hydrogens (tertiary/aromatic N) is 4. The highest BCUT2D eigenvalue weighted by Crippen LogP contribution is 2.50. The van der Waals surface area contributed by atoms with Gasteiger partial charge in [-0.25, -0.2) is 15.0 Å². The van der Waals surface area contributed by atoms with Gasteiger partial charge in [0, 0.05) is 49.3 Å². The number of fused-ring (bicyclic) bond motifs is 3. The highest BCUT2D eigenvalue weighted by molar-refractivity contribution is 6.37. The molecule has 0 bridgehead atoms. The Morgan fingerprint density at radius 2 is 0.857 bits per heavy atom. The molecule has 3 heterocycles. The van der Waals surface area contributed by atoms with E-state index < -0.39 is 0 Å². The molecule has 0 atom stereocenters. The summed E-state index contributed by atoms with van der Waals surface area (Å²) in [5, 5.41) is 11.9. The van der Waals surface area contributed by atoms with Gasteiger partial charge in [0.25, 0.3) is 0 Å². The number of furan rings is 1. The molecular formula is C51H28N4O. The van der Waals surface area contributed by atoms with E-state index in [-0.39, 0.29) is 0 Å². The molecule has 3 aromatic heterocycles. The molecule has 1 aliphatic rings. The molecule has 12 aromatic rings. The fourth-order valence-corrected chi connectivity index (χ4v) is 9.21. The lowest BCUT2D eigenvalue weighted by Gasteiger charge is -2.13. The van der Waals surface area contributed by atoms with E-state index in [1.807, 2.05) is 0 Å². The molecule has 1 aliphatic carbocycles. The second-order valence-electron chi connectivity index (χ2n) is 14.8. The van der Waals surface area contributed by atoms with Crippen molar-refractivity contribution in [3.8, 4) is 51.0 Å². The molecule has 0 aliphatic heterocycles. The molecule has 13 rings (SSSR count). The average molecular weight is 713 g/mol. The molecule has 0 fully saturated rings. The van der Waals surface area contributed by atoms with E-state index in [9.17, 15) is 0 Å². The van der Waals surface area contributed by atoms with Crippen molar-refractivity contribution in [2.45, 2.75) is 0 Å². The Bertz CT molecular complexity index is 3570. The Kier molecular flexibility index (Phi) is 5.83. The fraction of sp³-hybridized carbons (Fsp3) is 0. The van der Waals surface area contributed by atoms with Crippen LogP contribution in [0.2, 0.25) is 0 Å².